The molecule has 1 aromatic rings. The smallest absolute Gasteiger partial charge is 0.337 e. The van der Waals surface area contributed by atoms with Crippen molar-refractivity contribution in [3.63, 3.8) is 0 Å². The van der Waals surface area contributed by atoms with Gasteiger partial charge in [-0.1, -0.05) is 12.1 Å². The highest BCUT2D eigenvalue weighted by molar-refractivity contribution is 5.99. The van der Waals surface area contributed by atoms with Gasteiger partial charge in [-0.05, 0) is 12.1 Å². The van der Waals surface area contributed by atoms with Crippen LogP contribution in [0.5, 0.6) is 0 Å². The number of nitrogens with zero attached hydrogens (tertiary/aromatic N) is 1. The van der Waals surface area contributed by atoms with Crippen molar-refractivity contribution < 1.29 is 14.7 Å². The Morgan fingerprint density at radius 2 is 1.89 bits per heavy atom. The second-order valence-electron chi connectivity index (χ2n) is 4.02. The van der Waals surface area contributed by atoms with E-state index in [2.05, 4.69) is 10.6 Å². The number of para-hydroxylation sites is 1. The molecule has 0 radical (unpaired) electrons. The number of carboxylic acid groups (broad SMARTS) is 1. The van der Waals surface area contributed by atoms with Crippen LogP contribution in [-0.4, -0.2) is 48.2 Å². The molecule has 1 aliphatic rings. The highest BCUT2D eigenvalue weighted by Crippen LogP contribution is 2.15. The molecule has 0 bridgehead atoms. The molecule has 1 saturated heterocycles. The third kappa shape index (κ3) is 2.78. The first-order chi connectivity index (χ1) is 8.68. The molecule has 6 heteroatoms. The Labute approximate surface area is 105 Å². The summed E-state index contributed by atoms with van der Waals surface area (Å²) in [4.78, 5) is 24.6. The topological polar surface area (TPSA) is 81.7 Å². The quantitative estimate of drug-likeness (QED) is 0.725. The number of carbonyl (C=O) groups excluding carboxylic acids is 1. The highest BCUT2D eigenvalue weighted by atomic mass is 16.4. The van der Waals surface area contributed by atoms with Crippen molar-refractivity contribution in [3.8, 4) is 0 Å². The van der Waals surface area contributed by atoms with Gasteiger partial charge in [0, 0.05) is 26.2 Å². The van der Waals surface area contributed by atoms with Gasteiger partial charge in [-0.15, -0.1) is 0 Å². The van der Waals surface area contributed by atoms with Crippen LogP contribution in [0.4, 0.5) is 10.5 Å². The summed E-state index contributed by atoms with van der Waals surface area (Å²) in [5.41, 5.74) is 0.425. The zero-order valence-corrected chi connectivity index (χ0v) is 9.85. The minimum absolute atomic E-state index is 0.0981. The van der Waals surface area contributed by atoms with Gasteiger partial charge in [-0.25, -0.2) is 9.59 Å². The number of rotatable bonds is 2. The molecule has 0 spiro atoms. The van der Waals surface area contributed by atoms with Crippen molar-refractivity contribution >= 4 is 17.7 Å². The summed E-state index contributed by atoms with van der Waals surface area (Å²) >= 11 is 0. The molecule has 6 nitrogen and oxygen atoms in total. The second-order valence-corrected chi connectivity index (χ2v) is 4.02. The van der Waals surface area contributed by atoms with Crippen molar-refractivity contribution in [3.05, 3.63) is 29.8 Å². The van der Waals surface area contributed by atoms with Gasteiger partial charge >= 0.3 is 12.0 Å². The molecule has 2 amide bonds. The van der Waals surface area contributed by atoms with E-state index in [0.29, 0.717) is 18.8 Å². The number of carbonyl (C=O) groups is 2. The van der Waals surface area contributed by atoms with E-state index in [4.69, 9.17) is 5.11 Å². The summed E-state index contributed by atoms with van der Waals surface area (Å²) in [6.45, 7) is 2.77. The molecule has 1 aromatic carbocycles. The first-order valence-corrected chi connectivity index (χ1v) is 5.77. The van der Waals surface area contributed by atoms with Crippen LogP contribution in [0.1, 0.15) is 10.4 Å². The number of urea groups is 1. The zero-order valence-electron chi connectivity index (χ0n) is 9.85. The third-order valence-corrected chi connectivity index (χ3v) is 2.80. The average Bonchev–Trinajstić information content (AvgIpc) is 2.40. The summed E-state index contributed by atoms with van der Waals surface area (Å²) in [5, 5.41) is 14.8. The maximum atomic E-state index is 11.9. The molecule has 1 aliphatic heterocycles. The van der Waals surface area contributed by atoms with Gasteiger partial charge in [0.15, 0.2) is 0 Å². The molecule has 18 heavy (non-hydrogen) atoms. The van der Waals surface area contributed by atoms with Crippen LogP contribution in [0.15, 0.2) is 24.3 Å². The molecule has 0 atom stereocenters. The molecule has 1 heterocycles. The predicted octanol–water partition coefficient (Wildman–Crippen LogP) is 0.822. The minimum Gasteiger partial charge on any atom is -0.478 e. The number of amides is 2. The van der Waals surface area contributed by atoms with E-state index < -0.39 is 5.97 Å². The van der Waals surface area contributed by atoms with Gasteiger partial charge in [-0.3, -0.25) is 0 Å². The first kappa shape index (κ1) is 12.4. The van der Waals surface area contributed by atoms with Crippen molar-refractivity contribution in [1.82, 2.24) is 10.2 Å². The van der Waals surface area contributed by atoms with Gasteiger partial charge in [0.25, 0.3) is 0 Å². The first-order valence-electron chi connectivity index (χ1n) is 5.77. The molecule has 2 rings (SSSR count). The molecule has 0 saturated carbocycles. The van der Waals surface area contributed by atoms with Crippen LogP contribution >= 0.6 is 0 Å². The van der Waals surface area contributed by atoms with E-state index in [-0.39, 0.29) is 11.6 Å². The van der Waals surface area contributed by atoms with E-state index >= 15 is 0 Å². The number of benzene rings is 1. The summed E-state index contributed by atoms with van der Waals surface area (Å²) < 4.78 is 0. The summed E-state index contributed by atoms with van der Waals surface area (Å²) in [6.07, 6.45) is 0. The lowest BCUT2D eigenvalue weighted by Crippen LogP contribution is -2.48. The molecular weight excluding hydrogens is 234 g/mol. The number of hydrogen-bond acceptors (Lipinski definition) is 3. The number of piperazine rings is 1. The standard InChI is InChI=1S/C12H15N3O3/c16-11(17)9-3-1-2-4-10(9)14-12(18)15-7-5-13-6-8-15/h1-4,13H,5-8H2,(H,14,18)(H,16,17). The number of aromatic carboxylic acids is 1. The lowest BCUT2D eigenvalue weighted by atomic mass is 10.2. The van der Waals surface area contributed by atoms with Crippen LogP contribution in [0.25, 0.3) is 0 Å². The fraction of sp³-hybridized carbons (Fsp3) is 0.333. The Hall–Kier alpha value is -2.08. The predicted molar refractivity (Wildman–Crippen MR) is 66.9 cm³/mol. The Balaban J connectivity index is 2.08. The van der Waals surface area contributed by atoms with Crippen molar-refractivity contribution in [2.75, 3.05) is 31.5 Å². The van der Waals surface area contributed by atoms with Crippen LogP contribution in [0.2, 0.25) is 0 Å². The van der Waals surface area contributed by atoms with Gasteiger partial charge in [-0.2, -0.15) is 0 Å². The molecule has 3 N–H and O–H groups in total. The Morgan fingerprint density at radius 3 is 2.56 bits per heavy atom. The van der Waals surface area contributed by atoms with E-state index in [9.17, 15) is 9.59 Å². The van der Waals surface area contributed by atoms with E-state index in [1.54, 1.807) is 23.1 Å². The SMILES string of the molecule is O=C(O)c1ccccc1NC(=O)N1CCNCC1. The normalized spacial score (nSPS) is 15.2. The van der Waals surface area contributed by atoms with Crippen LogP contribution in [0, 0.1) is 0 Å². The molecule has 0 aromatic heterocycles. The number of carboxylic acids is 1. The van der Waals surface area contributed by atoms with E-state index in [1.165, 1.54) is 6.07 Å². The molecule has 0 unspecified atom stereocenters. The second kappa shape index (κ2) is 5.50. The molecule has 0 aliphatic carbocycles. The van der Waals surface area contributed by atoms with Gasteiger partial charge < -0.3 is 20.6 Å². The fourth-order valence-corrected chi connectivity index (χ4v) is 1.84. The molecule has 96 valence electrons. The Bertz CT molecular complexity index is 456. The van der Waals surface area contributed by atoms with Crippen molar-refractivity contribution in [1.29, 1.82) is 0 Å². The number of nitrogens with one attached hydrogen (secondary N) is 2. The Morgan fingerprint density at radius 1 is 1.22 bits per heavy atom. The largest absolute Gasteiger partial charge is 0.478 e. The molecular formula is C12H15N3O3. The van der Waals surface area contributed by atoms with Crippen molar-refractivity contribution in [2.45, 2.75) is 0 Å². The number of hydrogen-bond donors (Lipinski definition) is 3. The minimum atomic E-state index is -1.05. The summed E-state index contributed by atoms with van der Waals surface area (Å²) in [5.74, 6) is -1.05. The average molecular weight is 249 g/mol. The summed E-state index contributed by atoms with van der Waals surface area (Å²) in [6, 6.07) is 6.12. The lowest BCUT2D eigenvalue weighted by Gasteiger charge is -2.27. The maximum Gasteiger partial charge on any atom is 0.337 e. The van der Waals surface area contributed by atoms with Gasteiger partial charge in [0.1, 0.15) is 0 Å². The van der Waals surface area contributed by atoms with Crippen molar-refractivity contribution in [2.24, 2.45) is 0 Å². The fourth-order valence-electron chi connectivity index (χ4n) is 1.84. The monoisotopic (exact) mass is 249 g/mol. The van der Waals surface area contributed by atoms with Gasteiger partial charge in [0.05, 0.1) is 11.3 Å². The highest BCUT2D eigenvalue weighted by Gasteiger charge is 2.18. The van der Waals surface area contributed by atoms with Crippen LogP contribution in [-0.2, 0) is 0 Å². The lowest BCUT2D eigenvalue weighted by molar-refractivity contribution is 0.0698. The maximum absolute atomic E-state index is 11.9. The van der Waals surface area contributed by atoms with E-state index in [1.807, 2.05) is 0 Å². The summed E-state index contributed by atoms with van der Waals surface area (Å²) in [7, 11) is 0. The van der Waals surface area contributed by atoms with Crippen LogP contribution in [0.3, 0.4) is 0 Å². The van der Waals surface area contributed by atoms with E-state index in [0.717, 1.165) is 13.1 Å². The van der Waals surface area contributed by atoms with Crippen LogP contribution < -0.4 is 10.6 Å². The zero-order chi connectivity index (χ0) is 13.0. The Kier molecular flexibility index (Phi) is 3.78. The third-order valence-electron chi connectivity index (χ3n) is 2.80. The number of anilines is 1. The van der Waals surface area contributed by atoms with Gasteiger partial charge in [0.2, 0.25) is 0 Å². The molecule has 1 fully saturated rings.